The number of ketones is 1. The molecule has 104 valence electrons. The molecule has 0 aliphatic rings. The quantitative estimate of drug-likeness (QED) is 0.636. The molecule has 0 saturated carbocycles. The monoisotopic (exact) mass is 336 g/mol. The predicted molar refractivity (Wildman–Crippen MR) is 77.2 cm³/mol. The van der Waals surface area contributed by atoms with Crippen molar-refractivity contribution >= 4 is 27.7 Å². The molecule has 0 aliphatic carbocycles. The second-order valence-electron chi connectivity index (χ2n) is 4.09. The fraction of sp³-hybridized carbons (Fsp3) is 0.214. The van der Waals surface area contributed by atoms with Crippen LogP contribution in [-0.4, -0.2) is 28.1 Å². The summed E-state index contributed by atoms with van der Waals surface area (Å²) in [4.78, 5) is 23.4. The summed E-state index contributed by atoms with van der Waals surface area (Å²) in [6, 6.07) is 7.40. The number of Topliss-reactive ketones (excluding diaryl/α,β-unsaturated/α-hetero) is 1. The van der Waals surface area contributed by atoms with Crippen molar-refractivity contribution in [2.75, 3.05) is 6.61 Å². The van der Waals surface area contributed by atoms with E-state index in [9.17, 15) is 9.59 Å². The number of aromatic nitrogens is 2. The zero-order chi connectivity index (χ0) is 14.7. The molecule has 2 aromatic rings. The molecule has 0 N–H and O–H groups in total. The van der Waals surface area contributed by atoms with Crippen molar-refractivity contribution in [2.45, 2.75) is 13.8 Å². The Labute approximate surface area is 124 Å². The van der Waals surface area contributed by atoms with Gasteiger partial charge in [-0.2, -0.15) is 5.10 Å². The van der Waals surface area contributed by atoms with Crippen molar-refractivity contribution in [1.82, 2.24) is 9.78 Å². The molecule has 20 heavy (non-hydrogen) atoms. The molecule has 1 heterocycles. The van der Waals surface area contributed by atoms with E-state index in [-0.39, 0.29) is 23.6 Å². The van der Waals surface area contributed by atoms with Crippen molar-refractivity contribution in [3.05, 3.63) is 46.2 Å². The van der Waals surface area contributed by atoms with Crippen molar-refractivity contribution in [3.8, 4) is 5.69 Å². The lowest BCUT2D eigenvalue weighted by Crippen LogP contribution is -2.10. The van der Waals surface area contributed by atoms with Crippen LogP contribution in [0, 0.1) is 0 Å². The lowest BCUT2D eigenvalue weighted by Gasteiger charge is -2.01. The summed E-state index contributed by atoms with van der Waals surface area (Å²) in [6.07, 6.45) is 1.54. The van der Waals surface area contributed by atoms with E-state index < -0.39 is 5.97 Å². The van der Waals surface area contributed by atoms with Gasteiger partial charge in [-0.25, -0.2) is 9.48 Å². The van der Waals surface area contributed by atoms with Crippen molar-refractivity contribution in [1.29, 1.82) is 0 Å². The number of ether oxygens (including phenoxy) is 1. The summed E-state index contributed by atoms with van der Waals surface area (Å²) in [7, 11) is 0. The Balaban J connectivity index is 2.49. The first-order chi connectivity index (χ1) is 9.52. The van der Waals surface area contributed by atoms with Crippen LogP contribution in [0.5, 0.6) is 0 Å². The molecule has 0 saturated heterocycles. The molecule has 0 fully saturated rings. The highest BCUT2D eigenvalue weighted by Gasteiger charge is 2.21. The third-order valence-electron chi connectivity index (χ3n) is 2.64. The van der Waals surface area contributed by atoms with Crippen LogP contribution < -0.4 is 0 Å². The van der Waals surface area contributed by atoms with Crippen LogP contribution in [0.2, 0.25) is 0 Å². The van der Waals surface area contributed by atoms with Crippen molar-refractivity contribution < 1.29 is 14.3 Å². The number of carbonyl (C=O) groups is 2. The number of nitrogens with zero attached hydrogens (tertiary/aromatic N) is 2. The maximum absolute atomic E-state index is 11.8. The second-order valence-corrected chi connectivity index (χ2v) is 5.01. The van der Waals surface area contributed by atoms with Crippen LogP contribution in [0.3, 0.4) is 0 Å². The Kier molecular flexibility index (Phi) is 4.34. The standard InChI is InChI=1S/C14H13BrN2O3/c1-3-20-14(19)13-12(9(2)18)8-17(16-13)11-6-4-5-10(15)7-11/h4-8H,3H2,1-2H3. The molecule has 0 spiro atoms. The predicted octanol–water partition coefficient (Wildman–Crippen LogP) is 3.01. The first kappa shape index (κ1) is 14.5. The minimum absolute atomic E-state index is 0.0410. The summed E-state index contributed by atoms with van der Waals surface area (Å²) in [6.45, 7) is 3.33. The third kappa shape index (κ3) is 2.96. The van der Waals surface area contributed by atoms with Crippen molar-refractivity contribution in [2.24, 2.45) is 0 Å². The zero-order valence-electron chi connectivity index (χ0n) is 11.1. The average molecular weight is 337 g/mol. The number of halogens is 1. The Bertz CT molecular complexity index is 664. The molecular formula is C14H13BrN2O3. The Morgan fingerprint density at radius 2 is 2.15 bits per heavy atom. The van der Waals surface area contributed by atoms with E-state index in [1.165, 1.54) is 17.8 Å². The normalized spacial score (nSPS) is 10.3. The molecule has 0 radical (unpaired) electrons. The van der Waals surface area contributed by atoms with E-state index in [2.05, 4.69) is 21.0 Å². The van der Waals surface area contributed by atoms with Crippen LogP contribution in [0.1, 0.15) is 34.7 Å². The summed E-state index contributed by atoms with van der Waals surface area (Å²) in [5, 5.41) is 4.16. The van der Waals surface area contributed by atoms with Crippen molar-refractivity contribution in [3.63, 3.8) is 0 Å². The molecule has 5 nitrogen and oxygen atoms in total. The zero-order valence-corrected chi connectivity index (χ0v) is 12.7. The summed E-state index contributed by atoms with van der Waals surface area (Å²) < 4.78 is 7.29. The van der Waals surface area contributed by atoms with Crippen LogP contribution in [0.15, 0.2) is 34.9 Å². The highest BCUT2D eigenvalue weighted by Crippen LogP contribution is 2.18. The van der Waals surface area contributed by atoms with Gasteiger partial charge in [0, 0.05) is 10.7 Å². The molecule has 2 rings (SSSR count). The van der Waals surface area contributed by atoms with Gasteiger partial charge in [0.1, 0.15) is 0 Å². The Morgan fingerprint density at radius 3 is 2.75 bits per heavy atom. The maximum Gasteiger partial charge on any atom is 0.359 e. The average Bonchev–Trinajstić information content (AvgIpc) is 2.84. The summed E-state index contributed by atoms with van der Waals surface area (Å²) in [5.74, 6) is -0.819. The largest absolute Gasteiger partial charge is 0.461 e. The topological polar surface area (TPSA) is 61.2 Å². The summed E-state index contributed by atoms with van der Waals surface area (Å²) in [5.41, 5.74) is 1.04. The number of rotatable bonds is 4. The van der Waals surface area contributed by atoms with E-state index in [1.807, 2.05) is 24.3 Å². The first-order valence-corrected chi connectivity index (χ1v) is 6.86. The lowest BCUT2D eigenvalue weighted by molar-refractivity contribution is 0.0516. The van der Waals surface area contributed by atoms with Gasteiger partial charge in [0.05, 0.1) is 17.9 Å². The number of hydrogen-bond acceptors (Lipinski definition) is 4. The van der Waals surface area contributed by atoms with Gasteiger partial charge in [-0.1, -0.05) is 22.0 Å². The lowest BCUT2D eigenvalue weighted by atomic mass is 10.2. The van der Waals surface area contributed by atoms with E-state index in [0.717, 1.165) is 10.2 Å². The van der Waals surface area contributed by atoms with Gasteiger partial charge >= 0.3 is 5.97 Å². The molecular weight excluding hydrogens is 324 g/mol. The molecule has 0 bridgehead atoms. The molecule has 0 amide bonds. The summed E-state index contributed by atoms with van der Waals surface area (Å²) >= 11 is 3.37. The molecule has 0 atom stereocenters. The number of esters is 1. The number of hydrogen-bond donors (Lipinski definition) is 0. The van der Waals surface area contributed by atoms with E-state index in [4.69, 9.17) is 4.74 Å². The maximum atomic E-state index is 11.8. The van der Waals surface area contributed by atoms with Crippen LogP contribution in [0.25, 0.3) is 5.69 Å². The van der Waals surface area contributed by atoms with Gasteiger partial charge in [0.25, 0.3) is 0 Å². The SMILES string of the molecule is CCOC(=O)c1nn(-c2cccc(Br)c2)cc1C(C)=O. The fourth-order valence-electron chi connectivity index (χ4n) is 1.73. The molecule has 6 heteroatoms. The van der Waals surface area contributed by atoms with Gasteiger partial charge < -0.3 is 4.74 Å². The minimum Gasteiger partial charge on any atom is -0.461 e. The first-order valence-electron chi connectivity index (χ1n) is 6.06. The van der Waals surface area contributed by atoms with Crippen LogP contribution in [-0.2, 0) is 4.74 Å². The molecule has 1 aromatic carbocycles. The Hall–Kier alpha value is -1.95. The highest BCUT2D eigenvalue weighted by molar-refractivity contribution is 9.10. The van der Waals surface area contributed by atoms with Crippen LogP contribution in [0.4, 0.5) is 0 Å². The Morgan fingerprint density at radius 1 is 1.40 bits per heavy atom. The van der Waals surface area contributed by atoms with Gasteiger partial charge in [-0.3, -0.25) is 4.79 Å². The van der Waals surface area contributed by atoms with Gasteiger partial charge in [-0.15, -0.1) is 0 Å². The van der Waals surface area contributed by atoms with E-state index >= 15 is 0 Å². The molecule has 0 unspecified atom stereocenters. The molecule has 0 aliphatic heterocycles. The smallest absolute Gasteiger partial charge is 0.359 e. The van der Waals surface area contributed by atoms with E-state index in [0.29, 0.717) is 0 Å². The highest BCUT2D eigenvalue weighted by atomic mass is 79.9. The number of benzene rings is 1. The van der Waals surface area contributed by atoms with Crippen LogP contribution >= 0.6 is 15.9 Å². The number of carbonyl (C=O) groups excluding carboxylic acids is 2. The van der Waals surface area contributed by atoms with Gasteiger partial charge in [0.15, 0.2) is 11.5 Å². The minimum atomic E-state index is -0.591. The molecule has 1 aromatic heterocycles. The van der Waals surface area contributed by atoms with E-state index in [1.54, 1.807) is 6.92 Å². The third-order valence-corrected chi connectivity index (χ3v) is 3.13. The fourth-order valence-corrected chi connectivity index (χ4v) is 2.12. The van der Waals surface area contributed by atoms with Gasteiger partial charge in [0.2, 0.25) is 0 Å². The second kappa shape index (κ2) is 6.00. The van der Waals surface area contributed by atoms with Gasteiger partial charge in [-0.05, 0) is 32.0 Å².